The van der Waals surface area contributed by atoms with E-state index in [-0.39, 0.29) is 12.6 Å². The van der Waals surface area contributed by atoms with Crippen LogP contribution in [-0.2, 0) is 6.54 Å². The minimum atomic E-state index is -0.556. The molecule has 90 valence electrons. The summed E-state index contributed by atoms with van der Waals surface area (Å²) in [6, 6.07) is 3.71. The van der Waals surface area contributed by atoms with Crippen molar-refractivity contribution < 1.29 is 13.9 Å². The average Bonchev–Trinajstić information content (AvgIpc) is 2.22. The molecule has 16 heavy (non-hydrogen) atoms. The van der Waals surface area contributed by atoms with Crippen LogP contribution in [0.4, 0.5) is 8.78 Å². The lowest BCUT2D eigenvalue weighted by Crippen LogP contribution is -2.25. The van der Waals surface area contributed by atoms with E-state index in [0.29, 0.717) is 12.1 Å². The maximum absolute atomic E-state index is 12.9. The van der Waals surface area contributed by atoms with Crippen molar-refractivity contribution >= 4 is 0 Å². The molecule has 0 fully saturated rings. The number of aliphatic hydroxyl groups excluding tert-OH is 1. The van der Waals surface area contributed by atoms with Gasteiger partial charge in [-0.25, -0.2) is 8.78 Å². The molecule has 1 atom stereocenters. The molecule has 0 saturated heterocycles. The highest BCUT2D eigenvalue weighted by atomic mass is 19.1. The number of halogens is 2. The summed E-state index contributed by atoms with van der Waals surface area (Å²) in [5, 5.41) is 11.8. The second-order valence-corrected chi connectivity index (χ2v) is 3.93. The van der Waals surface area contributed by atoms with Gasteiger partial charge in [0.1, 0.15) is 11.6 Å². The summed E-state index contributed by atoms with van der Waals surface area (Å²) in [5.41, 5.74) is 0.591. The number of rotatable bonds is 6. The van der Waals surface area contributed by atoms with E-state index in [0.717, 1.165) is 18.9 Å². The lowest BCUT2D eigenvalue weighted by Gasteiger charge is -2.13. The molecule has 0 heterocycles. The first-order valence-electron chi connectivity index (χ1n) is 5.41. The zero-order chi connectivity index (χ0) is 12.0. The number of hydrogen-bond donors (Lipinski definition) is 2. The summed E-state index contributed by atoms with van der Waals surface area (Å²) in [5.74, 6) is -1.11. The van der Waals surface area contributed by atoms with Crippen LogP contribution in [0.15, 0.2) is 18.2 Å². The van der Waals surface area contributed by atoms with Gasteiger partial charge in [0.15, 0.2) is 0 Å². The smallest absolute Gasteiger partial charge is 0.126 e. The summed E-state index contributed by atoms with van der Waals surface area (Å²) in [6.07, 6.45) is 1.57. The highest BCUT2D eigenvalue weighted by Gasteiger charge is 2.03. The first kappa shape index (κ1) is 13.1. The fraction of sp³-hybridized carbons (Fsp3) is 0.500. The Morgan fingerprint density at radius 1 is 1.25 bits per heavy atom. The Morgan fingerprint density at radius 2 is 1.88 bits per heavy atom. The van der Waals surface area contributed by atoms with E-state index >= 15 is 0 Å². The Balaban J connectivity index is 2.41. The zero-order valence-electron chi connectivity index (χ0n) is 9.34. The molecule has 1 aromatic carbocycles. The van der Waals surface area contributed by atoms with E-state index in [9.17, 15) is 8.78 Å². The predicted molar refractivity (Wildman–Crippen MR) is 59.0 cm³/mol. The van der Waals surface area contributed by atoms with Crippen molar-refractivity contribution in [3.63, 3.8) is 0 Å². The highest BCUT2D eigenvalue weighted by molar-refractivity contribution is 5.17. The van der Waals surface area contributed by atoms with Gasteiger partial charge in [0.25, 0.3) is 0 Å². The summed E-state index contributed by atoms with van der Waals surface area (Å²) < 4.78 is 25.7. The largest absolute Gasteiger partial charge is 0.396 e. The first-order chi connectivity index (χ1) is 7.61. The maximum Gasteiger partial charge on any atom is 0.126 e. The standard InChI is InChI=1S/C12H17F2NO/c1-9(3-2-4-16)15-8-10-5-11(13)7-12(14)6-10/h5-7,9,15-16H,2-4,8H2,1H3. The van der Waals surface area contributed by atoms with E-state index in [1.165, 1.54) is 12.1 Å². The molecular formula is C12H17F2NO. The molecule has 4 heteroatoms. The minimum absolute atomic E-state index is 0.167. The molecule has 0 aliphatic rings. The van der Waals surface area contributed by atoms with Crippen LogP contribution in [0.1, 0.15) is 25.3 Å². The van der Waals surface area contributed by atoms with Gasteiger partial charge in [-0.2, -0.15) is 0 Å². The van der Waals surface area contributed by atoms with Crippen molar-refractivity contribution in [3.8, 4) is 0 Å². The number of hydrogen-bond acceptors (Lipinski definition) is 2. The van der Waals surface area contributed by atoms with Gasteiger partial charge in [0, 0.05) is 25.3 Å². The Hall–Kier alpha value is -1.00. The van der Waals surface area contributed by atoms with E-state index in [1.807, 2.05) is 6.92 Å². The van der Waals surface area contributed by atoms with Crippen molar-refractivity contribution in [2.24, 2.45) is 0 Å². The summed E-state index contributed by atoms with van der Waals surface area (Å²) in [7, 11) is 0. The van der Waals surface area contributed by atoms with Crippen LogP contribution in [0, 0.1) is 11.6 Å². The van der Waals surface area contributed by atoms with Crippen LogP contribution >= 0.6 is 0 Å². The molecule has 0 aromatic heterocycles. The molecule has 0 aliphatic heterocycles. The molecule has 1 aromatic rings. The fourth-order valence-electron chi connectivity index (χ4n) is 1.50. The fourth-order valence-corrected chi connectivity index (χ4v) is 1.50. The van der Waals surface area contributed by atoms with Crippen LogP contribution in [-0.4, -0.2) is 17.8 Å². The van der Waals surface area contributed by atoms with Gasteiger partial charge in [0.2, 0.25) is 0 Å². The summed E-state index contributed by atoms with van der Waals surface area (Å²) in [4.78, 5) is 0. The van der Waals surface area contributed by atoms with Gasteiger partial charge >= 0.3 is 0 Å². The lowest BCUT2D eigenvalue weighted by molar-refractivity contribution is 0.276. The molecular weight excluding hydrogens is 212 g/mol. The van der Waals surface area contributed by atoms with E-state index in [4.69, 9.17) is 5.11 Å². The molecule has 0 saturated carbocycles. The lowest BCUT2D eigenvalue weighted by atomic mass is 10.1. The average molecular weight is 229 g/mol. The molecule has 0 spiro atoms. The van der Waals surface area contributed by atoms with E-state index in [2.05, 4.69) is 5.32 Å². The topological polar surface area (TPSA) is 32.3 Å². The van der Waals surface area contributed by atoms with E-state index < -0.39 is 11.6 Å². The molecule has 1 rings (SSSR count). The second-order valence-electron chi connectivity index (χ2n) is 3.93. The Bertz CT molecular complexity index is 311. The third-order valence-electron chi connectivity index (χ3n) is 2.37. The van der Waals surface area contributed by atoms with Gasteiger partial charge < -0.3 is 10.4 Å². The quantitative estimate of drug-likeness (QED) is 0.784. The van der Waals surface area contributed by atoms with Crippen molar-refractivity contribution in [1.29, 1.82) is 0 Å². The highest BCUT2D eigenvalue weighted by Crippen LogP contribution is 2.08. The van der Waals surface area contributed by atoms with Gasteiger partial charge in [0.05, 0.1) is 0 Å². The Kier molecular flexibility index (Phi) is 5.35. The molecule has 0 bridgehead atoms. The van der Waals surface area contributed by atoms with Gasteiger partial charge in [-0.15, -0.1) is 0 Å². The van der Waals surface area contributed by atoms with Crippen LogP contribution in [0.25, 0.3) is 0 Å². The number of benzene rings is 1. The van der Waals surface area contributed by atoms with Crippen molar-refractivity contribution in [2.45, 2.75) is 32.4 Å². The third-order valence-corrected chi connectivity index (χ3v) is 2.37. The van der Waals surface area contributed by atoms with Crippen LogP contribution in [0.2, 0.25) is 0 Å². The zero-order valence-corrected chi connectivity index (χ0v) is 9.34. The summed E-state index contributed by atoms with van der Waals surface area (Å²) >= 11 is 0. The Labute approximate surface area is 94.3 Å². The van der Waals surface area contributed by atoms with Crippen LogP contribution in [0.5, 0.6) is 0 Å². The van der Waals surface area contributed by atoms with Crippen molar-refractivity contribution in [1.82, 2.24) is 5.32 Å². The van der Waals surface area contributed by atoms with Crippen molar-refractivity contribution in [3.05, 3.63) is 35.4 Å². The Morgan fingerprint density at radius 3 is 2.44 bits per heavy atom. The number of nitrogens with one attached hydrogen (secondary N) is 1. The predicted octanol–water partition coefficient (Wildman–Crippen LogP) is 2.22. The second kappa shape index (κ2) is 6.55. The molecule has 0 aliphatic carbocycles. The van der Waals surface area contributed by atoms with Gasteiger partial charge in [-0.05, 0) is 37.5 Å². The molecule has 2 nitrogen and oxygen atoms in total. The molecule has 2 N–H and O–H groups in total. The van der Waals surface area contributed by atoms with Crippen molar-refractivity contribution in [2.75, 3.05) is 6.61 Å². The van der Waals surface area contributed by atoms with Crippen LogP contribution < -0.4 is 5.32 Å². The minimum Gasteiger partial charge on any atom is -0.396 e. The summed E-state index contributed by atoms with van der Waals surface area (Å²) in [6.45, 7) is 2.58. The van der Waals surface area contributed by atoms with Gasteiger partial charge in [-0.1, -0.05) is 0 Å². The SMILES string of the molecule is CC(CCCO)NCc1cc(F)cc(F)c1. The molecule has 0 radical (unpaired) electrons. The maximum atomic E-state index is 12.9. The number of aliphatic hydroxyl groups is 1. The van der Waals surface area contributed by atoms with Gasteiger partial charge in [-0.3, -0.25) is 0 Å². The molecule has 0 amide bonds. The van der Waals surface area contributed by atoms with E-state index in [1.54, 1.807) is 0 Å². The normalized spacial score (nSPS) is 12.8. The van der Waals surface area contributed by atoms with Crippen LogP contribution in [0.3, 0.4) is 0 Å². The first-order valence-corrected chi connectivity index (χ1v) is 5.41. The monoisotopic (exact) mass is 229 g/mol. The third kappa shape index (κ3) is 4.68. The molecule has 1 unspecified atom stereocenters.